The third-order valence-electron chi connectivity index (χ3n) is 5.04. The summed E-state index contributed by atoms with van der Waals surface area (Å²) >= 11 is 0. The molecule has 1 aliphatic carbocycles. The van der Waals surface area contributed by atoms with Gasteiger partial charge in [-0.15, -0.1) is 0 Å². The van der Waals surface area contributed by atoms with Crippen LogP contribution >= 0.6 is 0 Å². The highest BCUT2D eigenvalue weighted by Crippen LogP contribution is 2.34. The second-order valence-electron chi connectivity index (χ2n) is 6.85. The second-order valence-corrected chi connectivity index (χ2v) is 8.89. The summed E-state index contributed by atoms with van der Waals surface area (Å²) < 4.78 is 28.6. The molecular weight excluding hydrogens is 324 g/mol. The van der Waals surface area contributed by atoms with E-state index in [-0.39, 0.29) is 5.92 Å². The Morgan fingerprint density at radius 1 is 1.21 bits per heavy atom. The van der Waals surface area contributed by atoms with Gasteiger partial charge in [-0.2, -0.15) is 17.0 Å². The molecule has 2 heterocycles. The molecule has 2 fully saturated rings. The number of aromatic nitrogens is 2. The van der Waals surface area contributed by atoms with Gasteiger partial charge in [0.15, 0.2) is 0 Å². The van der Waals surface area contributed by atoms with Crippen molar-refractivity contribution in [1.82, 2.24) is 18.6 Å². The minimum absolute atomic E-state index is 0.127. The molecule has 1 aliphatic heterocycles. The molecule has 6 nitrogen and oxygen atoms in total. The van der Waals surface area contributed by atoms with Crippen LogP contribution in [0.3, 0.4) is 0 Å². The van der Waals surface area contributed by atoms with E-state index in [4.69, 9.17) is 0 Å². The molecule has 1 unspecified atom stereocenters. The van der Waals surface area contributed by atoms with E-state index in [0.29, 0.717) is 25.6 Å². The third-order valence-corrected chi connectivity index (χ3v) is 6.96. The normalized spacial score (nSPS) is 22.5. The van der Waals surface area contributed by atoms with E-state index < -0.39 is 10.2 Å². The standard InChI is InChI=1S/C17H22N4O2S/c1-20(10-13-6-7-13)24(22,23)21-9-8-14(11-21)17-15-4-2-3-5-16(15)18-12-19-17/h2-5,12-14H,6-11H2,1H3. The van der Waals surface area contributed by atoms with E-state index >= 15 is 0 Å². The predicted molar refractivity (Wildman–Crippen MR) is 92.7 cm³/mol. The fourth-order valence-corrected chi connectivity index (χ4v) is 4.97. The second kappa shape index (κ2) is 6.06. The van der Waals surface area contributed by atoms with Gasteiger partial charge in [-0.1, -0.05) is 18.2 Å². The van der Waals surface area contributed by atoms with E-state index in [1.165, 1.54) is 4.31 Å². The maximum absolute atomic E-state index is 12.8. The highest BCUT2D eigenvalue weighted by Gasteiger charge is 2.37. The Kier molecular flexibility index (Phi) is 4.02. The molecule has 1 atom stereocenters. The Hall–Kier alpha value is -1.57. The predicted octanol–water partition coefficient (Wildman–Crippen LogP) is 2.01. The lowest BCUT2D eigenvalue weighted by atomic mass is 10.0. The summed E-state index contributed by atoms with van der Waals surface area (Å²) in [6.07, 6.45) is 4.68. The average molecular weight is 346 g/mol. The van der Waals surface area contributed by atoms with Gasteiger partial charge in [0.2, 0.25) is 0 Å². The molecule has 1 saturated carbocycles. The average Bonchev–Trinajstić information content (AvgIpc) is 3.26. The van der Waals surface area contributed by atoms with Crippen LogP contribution in [0.2, 0.25) is 0 Å². The van der Waals surface area contributed by atoms with Crippen molar-refractivity contribution in [3.05, 3.63) is 36.3 Å². The Morgan fingerprint density at radius 2 is 2.00 bits per heavy atom. The molecule has 0 amide bonds. The molecule has 0 N–H and O–H groups in total. The summed E-state index contributed by atoms with van der Waals surface area (Å²) in [5.41, 5.74) is 1.87. The molecule has 2 aliphatic rings. The van der Waals surface area contributed by atoms with Gasteiger partial charge in [-0.25, -0.2) is 9.97 Å². The van der Waals surface area contributed by atoms with Gasteiger partial charge in [-0.05, 0) is 31.2 Å². The minimum atomic E-state index is -3.36. The van der Waals surface area contributed by atoms with Crippen LogP contribution in [0.4, 0.5) is 0 Å². The summed E-state index contributed by atoms with van der Waals surface area (Å²) in [5.74, 6) is 0.677. The van der Waals surface area contributed by atoms with Crippen LogP contribution in [0.1, 0.15) is 30.9 Å². The largest absolute Gasteiger partial charge is 0.281 e. The van der Waals surface area contributed by atoms with Crippen molar-refractivity contribution in [3.8, 4) is 0 Å². The highest BCUT2D eigenvalue weighted by molar-refractivity contribution is 7.86. The number of benzene rings is 1. The monoisotopic (exact) mass is 346 g/mol. The number of hydrogen-bond donors (Lipinski definition) is 0. The molecule has 24 heavy (non-hydrogen) atoms. The first-order valence-electron chi connectivity index (χ1n) is 8.47. The van der Waals surface area contributed by atoms with Gasteiger partial charge in [0.05, 0.1) is 11.2 Å². The fraction of sp³-hybridized carbons (Fsp3) is 0.529. The van der Waals surface area contributed by atoms with Crippen molar-refractivity contribution in [1.29, 1.82) is 0 Å². The Balaban J connectivity index is 1.55. The lowest BCUT2D eigenvalue weighted by Crippen LogP contribution is -2.41. The summed E-state index contributed by atoms with van der Waals surface area (Å²) in [7, 11) is -1.67. The summed E-state index contributed by atoms with van der Waals surface area (Å²) in [4.78, 5) is 8.76. The number of fused-ring (bicyclic) bond motifs is 1. The molecule has 2 aromatic rings. The van der Waals surface area contributed by atoms with Crippen molar-refractivity contribution < 1.29 is 8.42 Å². The van der Waals surface area contributed by atoms with Crippen LogP contribution in [0.25, 0.3) is 10.9 Å². The van der Waals surface area contributed by atoms with Gasteiger partial charge in [0, 0.05) is 38.0 Å². The Bertz CT molecular complexity index is 845. The van der Waals surface area contributed by atoms with E-state index in [1.54, 1.807) is 17.7 Å². The molecule has 1 saturated heterocycles. The molecule has 1 aromatic carbocycles. The number of nitrogens with zero attached hydrogens (tertiary/aromatic N) is 4. The molecule has 0 spiro atoms. The van der Waals surface area contributed by atoms with Gasteiger partial charge in [0.1, 0.15) is 6.33 Å². The van der Waals surface area contributed by atoms with Crippen LogP contribution in [-0.4, -0.2) is 53.7 Å². The molecule has 0 bridgehead atoms. The molecule has 0 radical (unpaired) electrons. The van der Waals surface area contributed by atoms with E-state index in [1.807, 2.05) is 24.3 Å². The molecule has 128 valence electrons. The highest BCUT2D eigenvalue weighted by atomic mass is 32.2. The van der Waals surface area contributed by atoms with Crippen LogP contribution in [0.5, 0.6) is 0 Å². The van der Waals surface area contributed by atoms with Crippen molar-refractivity contribution in [2.45, 2.75) is 25.2 Å². The summed E-state index contributed by atoms with van der Waals surface area (Å²) in [6, 6.07) is 7.91. The maximum atomic E-state index is 12.8. The van der Waals surface area contributed by atoms with Gasteiger partial charge >= 0.3 is 0 Å². The fourth-order valence-electron chi connectivity index (χ4n) is 3.47. The lowest BCUT2D eigenvalue weighted by Gasteiger charge is -2.24. The SMILES string of the molecule is CN(CC1CC1)S(=O)(=O)N1CCC(c2ncnc3ccccc23)C1. The molecule has 1 aromatic heterocycles. The number of hydrogen-bond acceptors (Lipinski definition) is 4. The number of para-hydroxylation sites is 1. The van der Waals surface area contributed by atoms with Crippen molar-refractivity contribution >= 4 is 21.1 Å². The smallest absolute Gasteiger partial charge is 0.240 e. The third kappa shape index (κ3) is 2.92. The Morgan fingerprint density at radius 3 is 2.79 bits per heavy atom. The van der Waals surface area contributed by atoms with E-state index in [2.05, 4.69) is 9.97 Å². The van der Waals surface area contributed by atoms with Crippen molar-refractivity contribution in [2.75, 3.05) is 26.7 Å². The van der Waals surface area contributed by atoms with Gasteiger partial charge < -0.3 is 0 Å². The molecular formula is C17H22N4O2S. The summed E-state index contributed by atoms with van der Waals surface area (Å²) in [5, 5.41) is 1.02. The van der Waals surface area contributed by atoms with E-state index in [9.17, 15) is 8.42 Å². The molecule has 4 rings (SSSR count). The number of rotatable bonds is 5. The van der Waals surface area contributed by atoms with Crippen LogP contribution in [-0.2, 0) is 10.2 Å². The van der Waals surface area contributed by atoms with Crippen LogP contribution in [0, 0.1) is 5.92 Å². The lowest BCUT2D eigenvalue weighted by molar-refractivity contribution is 0.384. The van der Waals surface area contributed by atoms with Crippen LogP contribution in [0.15, 0.2) is 30.6 Å². The van der Waals surface area contributed by atoms with Crippen LogP contribution < -0.4 is 0 Å². The zero-order valence-electron chi connectivity index (χ0n) is 13.8. The first-order valence-corrected chi connectivity index (χ1v) is 9.86. The maximum Gasteiger partial charge on any atom is 0.281 e. The Labute approximate surface area is 142 Å². The van der Waals surface area contributed by atoms with Gasteiger partial charge in [-0.3, -0.25) is 0 Å². The topological polar surface area (TPSA) is 66.4 Å². The minimum Gasteiger partial charge on any atom is -0.240 e. The zero-order chi connectivity index (χ0) is 16.7. The molecule has 7 heteroatoms. The first kappa shape index (κ1) is 15.9. The van der Waals surface area contributed by atoms with Crippen molar-refractivity contribution in [2.24, 2.45) is 5.92 Å². The van der Waals surface area contributed by atoms with Crippen molar-refractivity contribution in [3.63, 3.8) is 0 Å². The zero-order valence-corrected chi connectivity index (χ0v) is 14.6. The van der Waals surface area contributed by atoms with E-state index in [0.717, 1.165) is 35.9 Å². The van der Waals surface area contributed by atoms with Gasteiger partial charge in [0.25, 0.3) is 10.2 Å². The summed E-state index contributed by atoms with van der Waals surface area (Å²) in [6.45, 7) is 1.69. The first-order chi connectivity index (χ1) is 11.6. The quantitative estimate of drug-likeness (QED) is 0.831.